The number of benzene rings is 3. The van der Waals surface area contributed by atoms with Crippen LogP contribution in [0.4, 0.5) is 0 Å². The molecule has 0 saturated heterocycles. The number of ether oxygens (including phenoxy) is 2. The standard InChI is InChI=1S/C23H20O3/c1-16-14-22(24)26-21-15-19(12-13-20(16)21)25-23(17-8-4-2-5-9-17)18-10-6-3-7-11-18/h2-15,22-24H,1H3. The molecule has 1 atom stereocenters. The zero-order valence-electron chi connectivity index (χ0n) is 14.5. The Kier molecular flexibility index (Phi) is 4.46. The Labute approximate surface area is 153 Å². The van der Waals surface area contributed by atoms with Crippen LogP contribution in [0.3, 0.4) is 0 Å². The second-order valence-corrected chi connectivity index (χ2v) is 6.34. The highest BCUT2D eigenvalue weighted by molar-refractivity contribution is 5.71. The number of aliphatic hydroxyl groups excluding tert-OH is 1. The van der Waals surface area contributed by atoms with Crippen LogP contribution in [0.1, 0.15) is 29.7 Å². The van der Waals surface area contributed by atoms with Gasteiger partial charge in [-0.15, -0.1) is 0 Å². The van der Waals surface area contributed by atoms with Crippen molar-refractivity contribution in [1.82, 2.24) is 0 Å². The number of rotatable bonds is 4. The Balaban J connectivity index is 1.69. The molecule has 1 aliphatic heterocycles. The number of hydrogen-bond acceptors (Lipinski definition) is 3. The van der Waals surface area contributed by atoms with E-state index in [0.717, 1.165) is 22.3 Å². The molecule has 0 aromatic heterocycles. The van der Waals surface area contributed by atoms with Gasteiger partial charge in [0.2, 0.25) is 6.29 Å². The van der Waals surface area contributed by atoms with E-state index in [4.69, 9.17) is 9.47 Å². The van der Waals surface area contributed by atoms with Crippen LogP contribution < -0.4 is 9.47 Å². The van der Waals surface area contributed by atoms with Gasteiger partial charge in [0.15, 0.2) is 0 Å². The molecule has 3 nitrogen and oxygen atoms in total. The SMILES string of the molecule is CC1=CC(O)Oc2cc(OC(c3ccccc3)c3ccccc3)ccc21. The molecular weight excluding hydrogens is 324 g/mol. The molecule has 0 fully saturated rings. The third-order valence-electron chi connectivity index (χ3n) is 4.48. The Morgan fingerprint density at radius 2 is 1.50 bits per heavy atom. The summed E-state index contributed by atoms with van der Waals surface area (Å²) in [6.07, 6.45) is 0.553. The van der Waals surface area contributed by atoms with E-state index < -0.39 is 6.29 Å². The Hall–Kier alpha value is -3.04. The normalized spacial score (nSPS) is 15.8. The van der Waals surface area contributed by atoms with Gasteiger partial charge in [0, 0.05) is 11.6 Å². The van der Waals surface area contributed by atoms with Gasteiger partial charge in [-0.05, 0) is 41.8 Å². The first-order chi connectivity index (χ1) is 12.7. The maximum absolute atomic E-state index is 9.82. The topological polar surface area (TPSA) is 38.7 Å². The Bertz CT molecular complexity index is 877. The van der Waals surface area contributed by atoms with Gasteiger partial charge in [-0.1, -0.05) is 60.7 Å². The molecule has 1 N–H and O–H groups in total. The van der Waals surface area contributed by atoms with E-state index in [1.54, 1.807) is 6.08 Å². The van der Waals surface area contributed by atoms with E-state index >= 15 is 0 Å². The van der Waals surface area contributed by atoms with Gasteiger partial charge in [-0.3, -0.25) is 0 Å². The van der Waals surface area contributed by atoms with Gasteiger partial charge < -0.3 is 14.6 Å². The summed E-state index contributed by atoms with van der Waals surface area (Å²) in [5, 5.41) is 9.82. The third-order valence-corrected chi connectivity index (χ3v) is 4.48. The number of aliphatic hydroxyl groups is 1. The van der Waals surface area contributed by atoms with Crippen molar-refractivity contribution in [2.24, 2.45) is 0 Å². The molecule has 1 aliphatic rings. The lowest BCUT2D eigenvalue weighted by Gasteiger charge is -2.24. The summed E-state index contributed by atoms with van der Waals surface area (Å²) in [4.78, 5) is 0. The summed E-state index contributed by atoms with van der Waals surface area (Å²) in [5.41, 5.74) is 4.12. The molecule has 0 aliphatic carbocycles. The van der Waals surface area contributed by atoms with Crippen molar-refractivity contribution in [2.45, 2.75) is 19.3 Å². The molecule has 0 radical (unpaired) electrons. The molecule has 0 amide bonds. The van der Waals surface area contributed by atoms with E-state index in [9.17, 15) is 5.11 Å². The van der Waals surface area contributed by atoms with Crippen molar-refractivity contribution in [2.75, 3.05) is 0 Å². The van der Waals surface area contributed by atoms with E-state index in [0.29, 0.717) is 11.5 Å². The van der Waals surface area contributed by atoms with Crippen molar-refractivity contribution in [3.63, 3.8) is 0 Å². The number of allylic oxidation sites excluding steroid dienone is 1. The summed E-state index contributed by atoms with van der Waals surface area (Å²) in [6, 6.07) is 26.0. The van der Waals surface area contributed by atoms with Gasteiger partial charge in [0.05, 0.1) is 0 Å². The number of hydrogen-bond donors (Lipinski definition) is 1. The Morgan fingerprint density at radius 3 is 2.12 bits per heavy atom. The van der Waals surface area contributed by atoms with Gasteiger partial charge in [0.1, 0.15) is 17.6 Å². The first-order valence-corrected chi connectivity index (χ1v) is 8.65. The smallest absolute Gasteiger partial charge is 0.217 e. The second-order valence-electron chi connectivity index (χ2n) is 6.34. The van der Waals surface area contributed by atoms with Crippen LogP contribution in [-0.4, -0.2) is 11.4 Å². The van der Waals surface area contributed by atoms with Crippen molar-refractivity contribution in [1.29, 1.82) is 0 Å². The average molecular weight is 344 g/mol. The van der Waals surface area contributed by atoms with Crippen LogP contribution in [0.2, 0.25) is 0 Å². The van der Waals surface area contributed by atoms with Crippen LogP contribution in [0.15, 0.2) is 84.9 Å². The highest BCUT2D eigenvalue weighted by Crippen LogP contribution is 2.36. The fourth-order valence-electron chi connectivity index (χ4n) is 3.19. The van der Waals surface area contributed by atoms with Crippen LogP contribution in [0.25, 0.3) is 5.57 Å². The predicted octanol–water partition coefficient (Wildman–Crippen LogP) is 4.97. The lowest BCUT2D eigenvalue weighted by Crippen LogP contribution is -2.17. The van der Waals surface area contributed by atoms with E-state index in [2.05, 4.69) is 24.3 Å². The van der Waals surface area contributed by atoms with Crippen molar-refractivity contribution >= 4 is 5.57 Å². The summed E-state index contributed by atoms with van der Waals surface area (Å²) in [6.45, 7) is 1.96. The van der Waals surface area contributed by atoms with Crippen LogP contribution >= 0.6 is 0 Å². The molecule has 3 aromatic rings. The molecule has 0 spiro atoms. The molecule has 3 heteroatoms. The first-order valence-electron chi connectivity index (χ1n) is 8.65. The van der Waals surface area contributed by atoms with E-state index in [1.165, 1.54) is 0 Å². The fourth-order valence-corrected chi connectivity index (χ4v) is 3.19. The molecule has 0 bridgehead atoms. The first kappa shape index (κ1) is 16.4. The molecule has 26 heavy (non-hydrogen) atoms. The summed E-state index contributed by atoms with van der Waals surface area (Å²) in [7, 11) is 0. The van der Waals surface area contributed by atoms with Gasteiger partial charge in [-0.25, -0.2) is 0 Å². The molecule has 0 saturated carbocycles. The Morgan fingerprint density at radius 1 is 0.885 bits per heavy atom. The lowest BCUT2D eigenvalue weighted by atomic mass is 10.0. The van der Waals surface area contributed by atoms with Crippen molar-refractivity contribution < 1.29 is 14.6 Å². The quantitative estimate of drug-likeness (QED) is 0.726. The van der Waals surface area contributed by atoms with Crippen LogP contribution in [0.5, 0.6) is 11.5 Å². The molecule has 1 heterocycles. The summed E-state index contributed by atoms with van der Waals surface area (Å²) < 4.78 is 11.9. The maximum Gasteiger partial charge on any atom is 0.217 e. The average Bonchev–Trinajstić information content (AvgIpc) is 2.67. The zero-order chi connectivity index (χ0) is 17.9. The maximum atomic E-state index is 9.82. The third kappa shape index (κ3) is 3.35. The highest BCUT2D eigenvalue weighted by Gasteiger charge is 2.20. The van der Waals surface area contributed by atoms with E-state index in [-0.39, 0.29) is 6.10 Å². The molecular formula is C23H20O3. The number of fused-ring (bicyclic) bond motifs is 1. The van der Waals surface area contributed by atoms with Gasteiger partial charge >= 0.3 is 0 Å². The fraction of sp³-hybridized carbons (Fsp3) is 0.130. The van der Waals surface area contributed by atoms with Crippen molar-refractivity contribution in [3.8, 4) is 11.5 Å². The van der Waals surface area contributed by atoms with Crippen LogP contribution in [0, 0.1) is 0 Å². The molecule has 130 valence electrons. The minimum Gasteiger partial charge on any atom is -0.481 e. The summed E-state index contributed by atoms with van der Waals surface area (Å²) >= 11 is 0. The second kappa shape index (κ2) is 7.06. The predicted molar refractivity (Wildman–Crippen MR) is 102 cm³/mol. The lowest BCUT2D eigenvalue weighted by molar-refractivity contribution is 0.0222. The minimum atomic E-state index is -0.920. The zero-order valence-corrected chi connectivity index (χ0v) is 14.5. The van der Waals surface area contributed by atoms with Gasteiger partial charge in [-0.2, -0.15) is 0 Å². The largest absolute Gasteiger partial charge is 0.481 e. The molecule has 1 unspecified atom stereocenters. The van der Waals surface area contributed by atoms with Gasteiger partial charge in [0.25, 0.3) is 0 Å². The molecule has 4 rings (SSSR count). The minimum absolute atomic E-state index is 0.222. The highest BCUT2D eigenvalue weighted by atomic mass is 16.6. The van der Waals surface area contributed by atoms with Crippen LogP contribution in [-0.2, 0) is 0 Å². The monoisotopic (exact) mass is 344 g/mol. The van der Waals surface area contributed by atoms with E-state index in [1.807, 2.05) is 61.5 Å². The van der Waals surface area contributed by atoms with Crippen molar-refractivity contribution in [3.05, 3.63) is 102 Å². The molecule has 3 aromatic carbocycles. The summed E-state index contributed by atoms with van der Waals surface area (Å²) in [5.74, 6) is 1.33.